The average Bonchev–Trinajstić information content (AvgIpc) is 3.37. The molecule has 0 amide bonds. The molecule has 0 radical (unpaired) electrons. The standard InChI is InChI=1S/C28H36O5/c1-27-8-6-19(29)14-18(27)4-5-20-21(27)7-9-28(2)22(20)13-17(26(28)30)10-16-11-23(31-3)25-24(12-16)32-15-33-25/h10-12,18-22,29H,4-9,13-15H2,1-3H3/b17-10+/t18-,19-,20+,21-,22+,27-,28-/m0/s1. The molecule has 1 aromatic carbocycles. The smallest absolute Gasteiger partial charge is 0.231 e. The van der Waals surface area contributed by atoms with E-state index in [0.717, 1.165) is 49.7 Å². The maximum absolute atomic E-state index is 13.7. The maximum atomic E-state index is 13.7. The molecule has 1 heterocycles. The van der Waals surface area contributed by atoms with Crippen molar-refractivity contribution in [3.05, 3.63) is 23.3 Å². The van der Waals surface area contributed by atoms with E-state index in [1.165, 1.54) is 12.8 Å². The Labute approximate surface area is 196 Å². The minimum atomic E-state index is -0.245. The monoisotopic (exact) mass is 452 g/mol. The molecular formula is C28H36O5. The van der Waals surface area contributed by atoms with Crippen LogP contribution >= 0.6 is 0 Å². The number of allylic oxidation sites excluding steroid dienone is 1. The van der Waals surface area contributed by atoms with Crippen LogP contribution in [0.15, 0.2) is 17.7 Å². The summed E-state index contributed by atoms with van der Waals surface area (Å²) in [6.45, 7) is 4.93. The van der Waals surface area contributed by atoms with E-state index in [0.29, 0.717) is 52.1 Å². The van der Waals surface area contributed by atoms with E-state index < -0.39 is 0 Å². The number of aliphatic hydroxyl groups excluding tert-OH is 1. The fourth-order valence-corrected chi connectivity index (χ4v) is 8.47. The van der Waals surface area contributed by atoms with Gasteiger partial charge >= 0.3 is 0 Å². The van der Waals surface area contributed by atoms with Gasteiger partial charge in [0.25, 0.3) is 0 Å². The van der Waals surface area contributed by atoms with Crippen molar-refractivity contribution >= 4 is 11.9 Å². The Bertz CT molecular complexity index is 1010. The molecule has 7 atom stereocenters. The van der Waals surface area contributed by atoms with Crippen LogP contribution < -0.4 is 14.2 Å². The van der Waals surface area contributed by atoms with E-state index in [9.17, 15) is 9.90 Å². The number of carbonyl (C=O) groups is 1. The Morgan fingerprint density at radius 3 is 2.76 bits per heavy atom. The zero-order chi connectivity index (χ0) is 23.0. The van der Waals surface area contributed by atoms with Gasteiger partial charge in [0, 0.05) is 5.41 Å². The summed E-state index contributed by atoms with van der Waals surface area (Å²) in [5, 5.41) is 10.3. The van der Waals surface area contributed by atoms with Crippen LogP contribution in [0, 0.1) is 34.5 Å². The van der Waals surface area contributed by atoms with Gasteiger partial charge in [-0.05, 0) is 110 Å². The van der Waals surface area contributed by atoms with Gasteiger partial charge in [0.2, 0.25) is 12.5 Å². The van der Waals surface area contributed by atoms with Crippen molar-refractivity contribution in [2.24, 2.45) is 34.5 Å². The highest BCUT2D eigenvalue weighted by molar-refractivity contribution is 6.06. The van der Waals surface area contributed by atoms with Crippen LogP contribution in [0.1, 0.15) is 70.8 Å². The number of ketones is 1. The van der Waals surface area contributed by atoms with Crippen molar-refractivity contribution in [3.63, 3.8) is 0 Å². The average molecular weight is 453 g/mol. The van der Waals surface area contributed by atoms with Gasteiger partial charge in [-0.15, -0.1) is 0 Å². The summed E-state index contributed by atoms with van der Waals surface area (Å²) in [7, 11) is 1.63. The molecule has 0 unspecified atom stereocenters. The minimum Gasteiger partial charge on any atom is -0.493 e. The van der Waals surface area contributed by atoms with Crippen LogP contribution in [0.3, 0.4) is 0 Å². The van der Waals surface area contributed by atoms with E-state index in [2.05, 4.69) is 19.9 Å². The number of aliphatic hydroxyl groups is 1. The lowest BCUT2D eigenvalue weighted by Crippen LogP contribution is -2.54. The molecular weight excluding hydrogens is 416 g/mol. The maximum Gasteiger partial charge on any atom is 0.231 e. The topological polar surface area (TPSA) is 65.0 Å². The van der Waals surface area contributed by atoms with E-state index in [1.54, 1.807) is 7.11 Å². The summed E-state index contributed by atoms with van der Waals surface area (Å²) in [5.41, 5.74) is 1.97. The van der Waals surface area contributed by atoms with Crippen LogP contribution in [0.4, 0.5) is 0 Å². The predicted molar refractivity (Wildman–Crippen MR) is 125 cm³/mol. The third kappa shape index (κ3) is 3.10. The Morgan fingerprint density at radius 2 is 1.94 bits per heavy atom. The zero-order valence-corrected chi connectivity index (χ0v) is 20.1. The highest BCUT2D eigenvalue weighted by Gasteiger charge is 2.61. The molecule has 6 rings (SSSR count). The fraction of sp³-hybridized carbons (Fsp3) is 0.679. The quantitative estimate of drug-likeness (QED) is 0.610. The zero-order valence-electron chi connectivity index (χ0n) is 20.1. The summed E-state index contributed by atoms with van der Waals surface area (Å²) in [5.74, 6) is 4.67. The number of Topliss-reactive ketones (excluding diaryl/α,β-unsaturated/α-hetero) is 1. The second kappa shape index (κ2) is 7.49. The summed E-state index contributed by atoms with van der Waals surface area (Å²) in [6.07, 6.45) is 10.4. The van der Waals surface area contributed by atoms with E-state index >= 15 is 0 Å². The molecule has 5 aliphatic rings. The second-order valence-electron chi connectivity index (χ2n) is 11.7. The number of rotatable bonds is 2. The van der Waals surface area contributed by atoms with Crippen LogP contribution in [0.25, 0.3) is 6.08 Å². The number of carbonyl (C=O) groups excluding carboxylic acids is 1. The highest BCUT2D eigenvalue weighted by Crippen LogP contribution is 2.66. The SMILES string of the molecule is COc1cc(/C=C2\C[C@@H]3[C@@H]4CC[C@H]5C[C@@H](O)CC[C@]5(C)[C@H]4CC[C@]3(C)C2=O)cc2c1OCO2. The van der Waals surface area contributed by atoms with E-state index in [1.807, 2.05) is 12.1 Å². The molecule has 0 bridgehead atoms. The van der Waals surface area contributed by atoms with Crippen LogP contribution in [-0.4, -0.2) is 30.9 Å². The number of benzene rings is 1. The Kier molecular flexibility index (Phi) is 4.89. The van der Waals surface area contributed by atoms with Crippen molar-refractivity contribution in [1.29, 1.82) is 0 Å². The first-order valence-corrected chi connectivity index (χ1v) is 12.7. The van der Waals surface area contributed by atoms with Gasteiger partial charge in [-0.25, -0.2) is 0 Å². The molecule has 4 fully saturated rings. The highest BCUT2D eigenvalue weighted by atomic mass is 16.7. The largest absolute Gasteiger partial charge is 0.493 e. The summed E-state index contributed by atoms with van der Waals surface area (Å²) in [6, 6.07) is 3.90. The molecule has 33 heavy (non-hydrogen) atoms. The summed E-state index contributed by atoms with van der Waals surface area (Å²) < 4.78 is 16.6. The third-order valence-electron chi connectivity index (χ3n) is 10.3. The Hall–Kier alpha value is -2.01. The van der Waals surface area contributed by atoms with Gasteiger partial charge in [-0.3, -0.25) is 4.79 Å². The Balaban J connectivity index is 1.31. The van der Waals surface area contributed by atoms with Crippen molar-refractivity contribution in [2.45, 2.75) is 71.3 Å². The molecule has 5 heteroatoms. The van der Waals surface area contributed by atoms with E-state index in [-0.39, 0.29) is 18.3 Å². The Morgan fingerprint density at radius 1 is 1.09 bits per heavy atom. The van der Waals surface area contributed by atoms with Crippen LogP contribution in [0.2, 0.25) is 0 Å². The van der Waals surface area contributed by atoms with Gasteiger partial charge in [0.15, 0.2) is 17.3 Å². The summed E-state index contributed by atoms with van der Waals surface area (Å²) >= 11 is 0. The molecule has 4 aliphatic carbocycles. The first-order valence-electron chi connectivity index (χ1n) is 12.7. The van der Waals surface area contributed by atoms with Gasteiger partial charge < -0.3 is 19.3 Å². The molecule has 0 spiro atoms. The lowest BCUT2D eigenvalue weighted by atomic mass is 9.45. The third-order valence-corrected chi connectivity index (χ3v) is 10.3. The number of hydrogen-bond donors (Lipinski definition) is 1. The number of methoxy groups -OCH3 is 1. The first-order chi connectivity index (χ1) is 15.8. The van der Waals surface area contributed by atoms with Crippen molar-refractivity contribution in [2.75, 3.05) is 13.9 Å². The summed E-state index contributed by atoms with van der Waals surface area (Å²) in [4.78, 5) is 13.7. The van der Waals surface area contributed by atoms with Crippen LogP contribution in [-0.2, 0) is 4.79 Å². The number of hydrogen-bond acceptors (Lipinski definition) is 5. The molecule has 1 aromatic rings. The van der Waals surface area contributed by atoms with E-state index in [4.69, 9.17) is 14.2 Å². The van der Waals surface area contributed by atoms with Gasteiger partial charge in [-0.1, -0.05) is 13.8 Å². The number of ether oxygens (including phenoxy) is 3. The predicted octanol–water partition coefficient (Wildman–Crippen LogP) is 5.39. The van der Waals surface area contributed by atoms with Gasteiger partial charge in [0.05, 0.1) is 13.2 Å². The molecule has 1 aliphatic heterocycles. The lowest BCUT2D eigenvalue weighted by Gasteiger charge is -2.59. The minimum absolute atomic E-state index is 0.116. The number of fused-ring (bicyclic) bond motifs is 6. The second-order valence-corrected chi connectivity index (χ2v) is 11.7. The molecule has 1 N–H and O–H groups in total. The lowest BCUT2D eigenvalue weighted by molar-refractivity contribution is -0.141. The molecule has 4 saturated carbocycles. The van der Waals surface area contributed by atoms with Crippen LogP contribution in [0.5, 0.6) is 17.2 Å². The van der Waals surface area contributed by atoms with Crippen molar-refractivity contribution in [1.82, 2.24) is 0 Å². The normalized spacial score (nSPS) is 42.6. The van der Waals surface area contributed by atoms with Gasteiger partial charge in [0.1, 0.15) is 0 Å². The molecule has 0 saturated heterocycles. The molecule has 0 aromatic heterocycles. The fourth-order valence-electron chi connectivity index (χ4n) is 8.47. The molecule has 178 valence electrons. The van der Waals surface area contributed by atoms with Crippen molar-refractivity contribution in [3.8, 4) is 17.2 Å². The van der Waals surface area contributed by atoms with Crippen molar-refractivity contribution < 1.29 is 24.1 Å². The van der Waals surface area contributed by atoms with Gasteiger partial charge in [-0.2, -0.15) is 0 Å². The molecule has 5 nitrogen and oxygen atoms in total. The first kappa shape index (κ1) is 21.5.